The maximum atomic E-state index is 13.7. The topological polar surface area (TPSA) is 91.5 Å². The third kappa shape index (κ3) is 7.37. The van der Waals surface area contributed by atoms with Crippen LogP contribution in [0.4, 0.5) is 0 Å². The van der Waals surface area contributed by atoms with Gasteiger partial charge in [-0.25, -0.2) is 0 Å². The fraction of sp³-hybridized carbons (Fsp3) is 0.789. The van der Waals surface area contributed by atoms with Crippen molar-refractivity contribution in [1.29, 1.82) is 0 Å². The summed E-state index contributed by atoms with van der Waals surface area (Å²) in [5.41, 5.74) is 6.83. The largest absolute Gasteiger partial charge is 0.348 e. The van der Waals surface area contributed by atoms with Crippen molar-refractivity contribution >= 4 is 11.7 Å². The minimum atomic E-state index is -0.316. The standard InChI is InChI=1S/C38H60N4O3/c1-3-38(30-16-12-8-4-5-9-13-17-30)41-35(42-45-38)29-18-20-31-28(24-29)19-21-33(31)40-36(44)34-25-32(27(2)43)37(26-39-34)22-14-10-6-7-11-15-23-37/h18,20,24,30,32-35,39,41-42H,3-17,19,21-23,25-26H2,1-2H3,(H,40,44)/t32?,33-,34?,35?,38?/m1/s1. The zero-order valence-electron chi connectivity index (χ0n) is 28.2. The van der Waals surface area contributed by atoms with Crippen LogP contribution in [0.25, 0.3) is 0 Å². The molecule has 1 spiro atoms. The molecular weight excluding hydrogens is 560 g/mol. The van der Waals surface area contributed by atoms with E-state index in [2.05, 4.69) is 46.6 Å². The van der Waals surface area contributed by atoms with Gasteiger partial charge in [0.25, 0.3) is 0 Å². The van der Waals surface area contributed by atoms with Crippen LogP contribution in [0.3, 0.4) is 0 Å². The number of nitrogens with one attached hydrogen (secondary N) is 4. The lowest BCUT2D eigenvalue weighted by Gasteiger charge is -2.46. The summed E-state index contributed by atoms with van der Waals surface area (Å²) in [5, 5.41) is 10.9. The highest BCUT2D eigenvalue weighted by Crippen LogP contribution is 2.45. The minimum absolute atomic E-state index is 0.0134. The SMILES string of the molecule is CCC1(C2CCCCCCCC2)NC(c2ccc3c(c2)CC[C@H]3NC(=O)C2CC(C(C)=O)C3(CCCCCCCC3)CN2)NO1. The van der Waals surface area contributed by atoms with Gasteiger partial charge in [0, 0.05) is 18.4 Å². The first kappa shape index (κ1) is 33.1. The number of hydrogen-bond donors (Lipinski definition) is 4. The summed E-state index contributed by atoms with van der Waals surface area (Å²) in [5.74, 6) is 0.815. The van der Waals surface area contributed by atoms with Crippen LogP contribution in [-0.2, 0) is 20.8 Å². The number of hydrogen-bond acceptors (Lipinski definition) is 6. The van der Waals surface area contributed by atoms with E-state index in [1.807, 2.05) is 0 Å². The molecule has 0 aromatic heterocycles. The molecule has 45 heavy (non-hydrogen) atoms. The predicted molar refractivity (Wildman–Crippen MR) is 179 cm³/mol. The fourth-order valence-corrected chi connectivity index (χ4v) is 9.75. The van der Waals surface area contributed by atoms with E-state index in [1.54, 1.807) is 6.92 Å². The lowest BCUT2D eigenvalue weighted by molar-refractivity contribution is -0.132. The Balaban J connectivity index is 1.08. The van der Waals surface area contributed by atoms with Gasteiger partial charge in [0.15, 0.2) is 0 Å². The molecule has 250 valence electrons. The first-order valence-electron chi connectivity index (χ1n) is 18.8. The Morgan fingerprint density at radius 2 is 1.58 bits per heavy atom. The highest BCUT2D eigenvalue weighted by molar-refractivity contribution is 5.85. The van der Waals surface area contributed by atoms with Crippen molar-refractivity contribution in [3.05, 3.63) is 34.9 Å². The van der Waals surface area contributed by atoms with Gasteiger partial charge in [-0.15, -0.1) is 0 Å². The molecule has 2 saturated carbocycles. The van der Waals surface area contributed by atoms with Gasteiger partial charge in [-0.3, -0.25) is 19.7 Å². The van der Waals surface area contributed by atoms with Crippen molar-refractivity contribution in [2.24, 2.45) is 17.3 Å². The molecule has 4 fully saturated rings. The highest BCUT2D eigenvalue weighted by Gasteiger charge is 2.47. The third-order valence-corrected chi connectivity index (χ3v) is 12.5. The number of aryl methyl sites for hydroxylation is 1. The Hall–Kier alpha value is -1.80. The molecule has 0 radical (unpaired) electrons. The van der Waals surface area contributed by atoms with Crippen LogP contribution in [0.15, 0.2) is 18.2 Å². The summed E-state index contributed by atoms with van der Waals surface area (Å²) in [6.45, 7) is 4.79. The molecule has 3 aliphatic carbocycles. The average molecular weight is 621 g/mol. The van der Waals surface area contributed by atoms with Crippen molar-refractivity contribution in [2.75, 3.05) is 6.54 Å². The number of hydroxylamine groups is 1. The summed E-state index contributed by atoms with van der Waals surface area (Å²) >= 11 is 0. The fourth-order valence-electron chi connectivity index (χ4n) is 9.75. The van der Waals surface area contributed by atoms with Crippen LogP contribution < -0.4 is 21.4 Å². The van der Waals surface area contributed by atoms with Gasteiger partial charge in [0.1, 0.15) is 17.7 Å². The summed E-state index contributed by atoms with van der Waals surface area (Å²) in [4.78, 5) is 33.1. The van der Waals surface area contributed by atoms with Crippen LogP contribution >= 0.6 is 0 Å². The number of piperidine rings is 1. The molecular formula is C38H60N4O3. The second-order valence-corrected chi connectivity index (χ2v) is 15.3. The lowest BCUT2D eigenvalue weighted by Crippen LogP contribution is -2.58. The van der Waals surface area contributed by atoms with E-state index >= 15 is 0 Å². The van der Waals surface area contributed by atoms with E-state index in [-0.39, 0.29) is 47.0 Å². The number of fused-ring (bicyclic) bond motifs is 1. The number of Topliss-reactive ketones (excluding diaryl/α,β-unsaturated/α-hetero) is 1. The molecule has 1 aromatic rings. The van der Waals surface area contributed by atoms with Crippen LogP contribution in [0.5, 0.6) is 0 Å². The molecule has 5 aliphatic rings. The van der Waals surface area contributed by atoms with Gasteiger partial charge >= 0.3 is 0 Å². The van der Waals surface area contributed by atoms with Crippen molar-refractivity contribution in [3.8, 4) is 0 Å². The van der Waals surface area contributed by atoms with Crippen molar-refractivity contribution < 1.29 is 14.4 Å². The maximum absolute atomic E-state index is 13.7. The molecule has 7 nitrogen and oxygen atoms in total. The molecule has 6 rings (SSSR count). The predicted octanol–water partition coefficient (Wildman–Crippen LogP) is 7.46. The molecule has 1 aromatic carbocycles. The van der Waals surface area contributed by atoms with E-state index in [0.717, 1.165) is 38.6 Å². The van der Waals surface area contributed by atoms with Crippen LogP contribution in [0.2, 0.25) is 0 Å². The van der Waals surface area contributed by atoms with Crippen LogP contribution in [0.1, 0.15) is 165 Å². The molecule has 4 N–H and O–H groups in total. The summed E-state index contributed by atoms with van der Waals surface area (Å²) in [6, 6.07) is 6.46. The Morgan fingerprint density at radius 3 is 2.24 bits per heavy atom. The van der Waals surface area contributed by atoms with E-state index in [9.17, 15) is 9.59 Å². The van der Waals surface area contributed by atoms with E-state index < -0.39 is 0 Å². The van der Waals surface area contributed by atoms with Gasteiger partial charge < -0.3 is 10.6 Å². The summed E-state index contributed by atoms with van der Waals surface area (Å²) < 4.78 is 0. The Kier molecular flexibility index (Phi) is 11.0. The minimum Gasteiger partial charge on any atom is -0.348 e. The zero-order valence-corrected chi connectivity index (χ0v) is 28.2. The Morgan fingerprint density at radius 1 is 0.911 bits per heavy atom. The third-order valence-electron chi connectivity index (χ3n) is 12.5. The molecule has 2 saturated heterocycles. The monoisotopic (exact) mass is 620 g/mol. The van der Waals surface area contributed by atoms with Gasteiger partial charge in [0.2, 0.25) is 5.91 Å². The maximum Gasteiger partial charge on any atom is 0.237 e. The van der Waals surface area contributed by atoms with E-state index in [0.29, 0.717) is 12.3 Å². The summed E-state index contributed by atoms with van der Waals surface area (Å²) in [7, 11) is 0. The second-order valence-electron chi connectivity index (χ2n) is 15.3. The number of amides is 1. The van der Waals surface area contributed by atoms with Gasteiger partial charge in [-0.2, -0.15) is 5.48 Å². The Labute approximate surface area is 272 Å². The smallest absolute Gasteiger partial charge is 0.237 e. The van der Waals surface area contributed by atoms with Gasteiger partial charge in [-0.05, 0) is 80.4 Å². The van der Waals surface area contributed by atoms with Crippen LogP contribution in [0, 0.1) is 17.3 Å². The summed E-state index contributed by atoms with van der Waals surface area (Å²) in [6.07, 6.45) is 23.6. The van der Waals surface area contributed by atoms with E-state index in [4.69, 9.17) is 4.84 Å². The Bertz CT molecular complexity index is 1150. The van der Waals surface area contributed by atoms with Crippen molar-refractivity contribution in [2.45, 2.75) is 166 Å². The quantitative estimate of drug-likeness (QED) is 0.264. The normalized spacial score (nSPS) is 33.2. The lowest BCUT2D eigenvalue weighted by atomic mass is 9.63. The number of benzene rings is 1. The molecule has 2 heterocycles. The van der Waals surface area contributed by atoms with E-state index in [1.165, 1.54) is 107 Å². The van der Waals surface area contributed by atoms with Gasteiger partial charge in [-0.1, -0.05) is 102 Å². The number of carbonyl (C=O) groups is 2. The average Bonchev–Trinajstić information content (AvgIpc) is 3.71. The number of rotatable bonds is 6. The van der Waals surface area contributed by atoms with Crippen molar-refractivity contribution in [1.82, 2.24) is 21.4 Å². The first-order valence-corrected chi connectivity index (χ1v) is 18.8. The molecule has 7 heteroatoms. The molecule has 2 aliphatic heterocycles. The first-order chi connectivity index (χ1) is 21.9. The molecule has 0 bridgehead atoms. The van der Waals surface area contributed by atoms with Crippen molar-refractivity contribution in [3.63, 3.8) is 0 Å². The highest BCUT2D eigenvalue weighted by atomic mass is 16.7. The zero-order chi connectivity index (χ0) is 31.3. The van der Waals surface area contributed by atoms with Gasteiger partial charge in [0.05, 0.1) is 12.1 Å². The molecule has 4 unspecified atom stereocenters. The number of carbonyl (C=O) groups excluding carboxylic acids is 2. The molecule has 1 amide bonds. The number of ketones is 1. The molecule has 5 atom stereocenters. The second kappa shape index (κ2) is 15.0. The van der Waals surface area contributed by atoms with Crippen LogP contribution in [-0.4, -0.2) is 30.0 Å².